The van der Waals surface area contributed by atoms with Crippen molar-refractivity contribution in [2.75, 3.05) is 13.7 Å². The van der Waals surface area contributed by atoms with Crippen LogP contribution in [0.1, 0.15) is 43.1 Å². The van der Waals surface area contributed by atoms with E-state index >= 15 is 0 Å². The van der Waals surface area contributed by atoms with Gasteiger partial charge < -0.3 is 9.30 Å². The molecule has 0 saturated carbocycles. The highest BCUT2D eigenvalue weighted by molar-refractivity contribution is 7.89. The maximum absolute atomic E-state index is 13.2. The highest BCUT2D eigenvalue weighted by Crippen LogP contribution is 2.35. The monoisotopic (exact) mass is 363 g/mol. The van der Waals surface area contributed by atoms with E-state index in [0.29, 0.717) is 12.4 Å². The Kier molecular flexibility index (Phi) is 5.15. The van der Waals surface area contributed by atoms with Crippen LogP contribution in [0.3, 0.4) is 0 Å². The average Bonchev–Trinajstić information content (AvgIpc) is 2.82. The predicted octanol–water partition coefficient (Wildman–Crippen LogP) is 3.04. The third-order valence-electron chi connectivity index (χ3n) is 4.86. The lowest BCUT2D eigenvalue weighted by atomic mass is 10.0. The molecule has 0 bridgehead atoms. The van der Waals surface area contributed by atoms with Crippen LogP contribution in [0.2, 0.25) is 0 Å². The molecule has 1 aromatic carbocycles. The van der Waals surface area contributed by atoms with Gasteiger partial charge in [-0.3, -0.25) is 0 Å². The van der Waals surface area contributed by atoms with Gasteiger partial charge in [-0.05, 0) is 37.5 Å². The van der Waals surface area contributed by atoms with Crippen LogP contribution in [-0.4, -0.2) is 35.9 Å². The van der Waals surface area contributed by atoms with Crippen molar-refractivity contribution in [3.8, 4) is 5.75 Å². The van der Waals surface area contributed by atoms with Crippen molar-refractivity contribution >= 4 is 10.0 Å². The zero-order valence-electron chi connectivity index (χ0n) is 15.0. The van der Waals surface area contributed by atoms with Crippen LogP contribution in [0.25, 0.3) is 0 Å². The molecule has 2 aromatic rings. The second-order valence-electron chi connectivity index (χ2n) is 6.49. The van der Waals surface area contributed by atoms with Gasteiger partial charge in [-0.1, -0.05) is 25.0 Å². The van der Waals surface area contributed by atoms with E-state index in [2.05, 4.69) is 4.98 Å². The molecule has 1 atom stereocenters. The van der Waals surface area contributed by atoms with Gasteiger partial charge in [-0.2, -0.15) is 4.31 Å². The molecule has 136 valence electrons. The van der Waals surface area contributed by atoms with Crippen molar-refractivity contribution in [2.45, 2.75) is 43.7 Å². The van der Waals surface area contributed by atoms with Crippen LogP contribution in [0.15, 0.2) is 35.5 Å². The molecule has 0 spiro atoms. The van der Waals surface area contributed by atoms with Crippen molar-refractivity contribution in [1.82, 2.24) is 13.9 Å². The Morgan fingerprint density at radius 3 is 2.48 bits per heavy atom. The minimum absolute atomic E-state index is 0.132. The Morgan fingerprint density at radius 1 is 1.16 bits per heavy atom. The summed E-state index contributed by atoms with van der Waals surface area (Å²) in [7, 11) is -0.194. The zero-order chi connectivity index (χ0) is 18.0. The van der Waals surface area contributed by atoms with E-state index < -0.39 is 10.0 Å². The van der Waals surface area contributed by atoms with Crippen LogP contribution >= 0.6 is 0 Å². The second-order valence-corrected chi connectivity index (χ2v) is 8.33. The maximum atomic E-state index is 13.2. The molecule has 1 aliphatic heterocycles. The minimum atomic E-state index is -3.63. The summed E-state index contributed by atoms with van der Waals surface area (Å²) in [5.41, 5.74) is 0.999. The number of nitrogens with zero attached hydrogens (tertiary/aromatic N) is 3. The first-order chi connectivity index (χ1) is 11.9. The maximum Gasteiger partial charge on any atom is 0.262 e. The largest absolute Gasteiger partial charge is 0.497 e. The highest BCUT2D eigenvalue weighted by atomic mass is 32.2. The van der Waals surface area contributed by atoms with Gasteiger partial charge >= 0.3 is 0 Å². The third-order valence-corrected chi connectivity index (χ3v) is 6.64. The van der Waals surface area contributed by atoms with Crippen LogP contribution in [0.5, 0.6) is 5.75 Å². The third kappa shape index (κ3) is 3.57. The summed E-state index contributed by atoms with van der Waals surface area (Å²) in [6.07, 6.45) is 5.35. The van der Waals surface area contributed by atoms with E-state index in [1.54, 1.807) is 22.2 Å². The van der Waals surface area contributed by atoms with Crippen LogP contribution in [0, 0.1) is 6.92 Å². The molecule has 25 heavy (non-hydrogen) atoms. The molecule has 6 nitrogen and oxygen atoms in total. The lowest BCUT2D eigenvalue weighted by Gasteiger charge is -2.28. The van der Waals surface area contributed by atoms with Gasteiger partial charge in [0.2, 0.25) is 0 Å². The van der Waals surface area contributed by atoms with E-state index in [1.165, 1.54) is 0 Å². The van der Waals surface area contributed by atoms with E-state index in [-0.39, 0.29) is 11.1 Å². The molecular formula is C18H25N3O3S. The van der Waals surface area contributed by atoms with Crippen molar-refractivity contribution in [3.05, 3.63) is 41.9 Å². The van der Waals surface area contributed by atoms with E-state index in [0.717, 1.165) is 37.0 Å². The second kappa shape index (κ2) is 7.17. The summed E-state index contributed by atoms with van der Waals surface area (Å²) in [6, 6.07) is 7.52. The number of benzene rings is 1. The minimum Gasteiger partial charge on any atom is -0.497 e. The number of aryl methyl sites for hydroxylation is 2. The topological polar surface area (TPSA) is 64.4 Å². The van der Waals surface area contributed by atoms with E-state index in [1.807, 2.05) is 38.2 Å². The number of imidazole rings is 1. The fourth-order valence-corrected chi connectivity index (χ4v) is 5.01. The molecule has 1 aromatic heterocycles. The molecule has 1 fully saturated rings. The summed E-state index contributed by atoms with van der Waals surface area (Å²) >= 11 is 0. The molecular weight excluding hydrogens is 338 g/mol. The van der Waals surface area contributed by atoms with Crippen molar-refractivity contribution in [1.29, 1.82) is 0 Å². The Hall–Kier alpha value is -1.86. The summed E-state index contributed by atoms with van der Waals surface area (Å²) in [5, 5.41) is 0.132. The molecule has 2 heterocycles. The summed E-state index contributed by atoms with van der Waals surface area (Å²) in [4.78, 5) is 4.26. The van der Waals surface area contributed by atoms with Crippen molar-refractivity contribution in [2.24, 2.45) is 7.05 Å². The first kappa shape index (κ1) is 17.9. The Bertz CT molecular complexity index is 808. The van der Waals surface area contributed by atoms with Crippen molar-refractivity contribution < 1.29 is 13.2 Å². The molecule has 0 unspecified atom stereocenters. The van der Waals surface area contributed by atoms with Gasteiger partial charge in [0.1, 0.15) is 11.6 Å². The predicted molar refractivity (Wildman–Crippen MR) is 96.0 cm³/mol. The summed E-state index contributed by atoms with van der Waals surface area (Å²) < 4.78 is 35.1. The zero-order valence-corrected chi connectivity index (χ0v) is 15.8. The van der Waals surface area contributed by atoms with Gasteiger partial charge in [0.25, 0.3) is 10.0 Å². The average molecular weight is 363 g/mol. The molecule has 1 aliphatic rings. The Morgan fingerprint density at radius 2 is 1.88 bits per heavy atom. The number of aromatic nitrogens is 2. The van der Waals surface area contributed by atoms with Gasteiger partial charge in [0.15, 0.2) is 5.03 Å². The lowest BCUT2D eigenvalue weighted by Crippen LogP contribution is -2.35. The first-order valence-electron chi connectivity index (χ1n) is 8.59. The quantitative estimate of drug-likeness (QED) is 0.837. The fraction of sp³-hybridized carbons (Fsp3) is 0.500. The Labute approximate surface area is 149 Å². The Balaban J connectivity index is 1.99. The lowest BCUT2D eigenvalue weighted by molar-refractivity contribution is 0.327. The number of hydrogen-bond donors (Lipinski definition) is 0. The molecule has 7 heteroatoms. The van der Waals surface area contributed by atoms with Crippen LogP contribution < -0.4 is 4.74 Å². The highest BCUT2D eigenvalue weighted by Gasteiger charge is 2.35. The molecule has 0 N–H and O–H groups in total. The SMILES string of the molecule is COc1ccc([C@@H]2CCCCCN2S(=O)(=O)c2cn(C)c(C)n2)cc1. The smallest absolute Gasteiger partial charge is 0.262 e. The summed E-state index contributed by atoms with van der Waals surface area (Å²) in [5.74, 6) is 1.46. The molecule has 0 amide bonds. The number of methoxy groups -OCH3 is 1. The van der Waals surface area contributed by atoms with Gasteiger partial charge in [-0.15, -0.1) is 0 Å². The molecule has 0 aliphatic carbocycles. The number of sulfonamides is 1. The summed E-state index contributed by atoms with van der Waals surface area (Å²) in [6.45, 7) is 2.33. The number of hydrogen-bond acceptors (Lipinski definition) is 4. The standard InChI is InChI=1S/C18H25N3O3S/c1-14-19-18(13-20(14)2)25(22,23)21-12-6-4-5-7-17(21)15-8-10-16(24-3)11-9-15/h8-11,13,17H,4-7,12H2,1-3H3/t17-/m0/s1. The van der Waals surface area contributed by atoms with Gasteiger partial charge in [0.05, 0.1) is 13.2 Å². The van der Waals surface area contributed by atoms with Gasteiger partial charge in [-0.25, -0.2) is 13.4 Å². The van der Waals surface area contributed by atoms with E-state index in [4.69, 9.17) is 4.74 Å². The molecule has 0 radical (unpaired) electrons. The number of rotatable bonds is 4. The fourth-order valence-electron chi connectivity index (χ4n) is 3.30. The molecule has 1 saturated heterocycles. The van der Waals surface area contributed by atoms with E-state index in [9.17, 15) is 8.42 Å². The first-order valence-corrected chi connectivity index (χ1v) is 10.0. The normalized spacial score (nSPS) is 19.6. The number of ether oxygens (including phenoxy) is 1. The van der Waals surface area contributed by atoms with Crippen molar-refractivity contribution in [3.63, 3.8) is 0 Å². The molecule has 3 rings (SSSR count). The van der Waals surface area contributed by atoms with Crippen LogP contribution in [0.4, 0.5) is 0 Å². The van der Waals surface area contributed by atoms with Crippen LogP contribution in [-0.2, 0) is 17.1 Å². The van der Waals surface area contributed by atoms with Gasteiger partial charge in [0, 0.05) is 19.8 Å².